The lowest BCUT2D eigenvalue weighted by Gasteiger charge is -2.08. The van der Waals surface area contributed by atoms with E-state index in [2.05, 4.69) is 26.0 Å². The van der Waals surface area contributed by atoms with Gasteiger partial charge in [-0.3, -0.25) is 10.1 Å². The summed E-state index contributed by atoms with van der Waals surface area (Å²) in [6.45, 7) is 0.542. The molecule has 6 nitrogen and oxygen atoms in total. The molecule has 0 aliphatic rings. The molecule has 2 rings (SSSR count). The van der Waals surface area contributed by atoms with Crippen LogP contribution in [0.1, 0.15) is 15.9 Å². The topological polar surface area (TPSA) is 81.5 Å². The standard InChI is InChI=1S/C16H15BrN2O4/c1-23-16(20)12-4-7-14(15(10-12)19(21)22)18-9-8-11-2-5-13(17)6-3-11/h2-7,10,18H,8-9H2,1H3. The van der Waals surface area contributed by atoms with Crippen LogP contribution in [0.15, 0.2) is 46.9 Å². The second-order valence-electron chi connectivity index (χ2n) is 4.78. The Balaban J connectivity index is 2.08. The second kappa shape index (κ2) is 7.73. The first-order chi connectivity index (χ1) is 11.0. The number of carbonyl (C=O) groups excluding carboxylic acids is 1. The zero-order chi connectivity index (χ0) is 16.8. The number of nitro groups is 1. The van der Waals surface area contributed by atoms with Crippen molar-refractivity contribution in [3.63, 3.8) is 0 Å². The molecule has 23 heavy (non-hydrogen) atoms. The van der Waals surface area contributed by atoms with Crippen molar-refractivity contribution in [3.05, 3.63) is 68.2 Å². The summed E-state index contributed by atoms with van der Waals surface area (Å²) in [6, 6.07) is 12.1. The van der Waals surface area contributed by atoms with Crippen LogP contribution in [0.3, 0.4) is 0 Å². The monoisotopic (exact) mass is 378 g/mol. The van der Waals surface area contributed by atoms with E-state index in [9.17, 15) is 14.9 Å². The first-order valence-electron chi connectivity index (χ1n) is 6.86. The molecule has 2 aromatic rings. The van der Waals surface area contributed by atoms with E-state index in [-0.39, 0.29) is 11.3 Å². The fraction of sp³-hybridized carbons (Fsp3) is 0.188. The molecule has 0 atom stereocenters. The quantitative estimate of drug-likeness (QED) is 0.469. The van der Waals surface area contributed by atoms with Crippen LogP contribution in [0.25, 0.3) is 0 Å². The maximum atomic E-state index is 11.5. The van der Waals surface area contributed by atoms with Gasteiger partial charge in [0, 0.05) is 17.1 Å². The van der Waals surface area contributed by atoms with Gasteiger partial charge in [0.1, 0.15) is 5.69 Å². The summed E-state index contributed by atoms with van der Waals surface area (Å²) in [5.74, 6) is -0.602. The van der Waals surface area contributed by atoms with Gasteiger partial charge in [-0.25, -0.2) is 4.79 Å². The van der Waals surface area contributed by atoms with Crippen LogP contribution in [-0.2, 0) is 11.2 Å². The van der Waals surface area contributed by atoms with E-state index >= 15 is 0 Å². The summed E-state index contributed by atoms with van der Waals surface area (Å²) in [4.78, 5) is 22.1. The highest BCUT2D eigenvalue weighted by molar-refractivity contribution is 9.10. The Labute approximate surface area is 141 Å². The van der Waals surface area contributed by atoms with E-state index in [4.69, 9.17) is 0 Å². The van der Waals surface area contributed by atoms with Crippen molar-refractivity contribution in [2.45, 2.75) is 6.42 Å². The summed E-state index contributed by atoms with van der Waals surface area (Å²) in [5, 5.41) is 14.2. The van der Waals surface area contributed by atoms with Crippen LogP contribution in [-0.4, -0.2) is 24.5 Å². The van der Waals surface area contributed by atoms with Gasteiger partial charge >= 0.3 is 5.97 Å². The van der Waals surface area contributed by atoms with Gasteiger partial charge in [-0.05, 0) is 36.2 Å². The van der Waals surface area contributed by atoms with Crippen LogP contribution in [0.4, 0.5) is 11.4 Å². The molecule has 0 bridgehead atoms. The summed E-state index contributed by atoms with van der Waals surface area (Å²) in [6.07, 6.45) is 0.725. The first kappa shape index (κ1) is 17.0. The van der Waals surface area contributed by atoms with E-state index in [1.807, 2.05) is 24.3 Å². The van der Waals surface area contributed by atoms with Gasteiger partial charge in [-0.15, -0.1) is 0 Å². The number of anilines is 1. The van der Waals surface area contributed by atoms with Crippen LogP contribution >= 0.6 is 15.9 Å². The predicted octanol–water partition coefficient (Wildman–Crippen LogP) is 3.80. The molecule has 7 heteroatoms. The van der Waals surface area contributed by atoms with Crippen LogP contribution in [0.2, 0.25) is 0 Å². The lowest BCUT2D eigenvalue weighted by molar-refractivity contribution is -0.384. The van der Waals surface area contributed by atoms with E-state index in [1.54, 1.807) is 0 Å². The van der Waals surface area contributed by atoms with Crippen LogP contribution in [0, 0.1) is 10.1 Å². The molecule has 0 heterocycles. The van der Waals surface area contributed by atoms with E-state index in [0.29, 0.717) is 12.2 Å². The van der Waals surface area contributed by atoms with Crippen LogP contribution in [0.5, 0.6) is 0 Å². The molecule has 120 valence electrons. The molecule has 1 N–H and O–H groups in total. The highest BCUT2D eigenvalue weighted by Gasteiger charge is 2.17. The summed E-state index contributed by atoms with van der Waals surface area (Å²) in [5.41, 5.74) is 1.50. The Morgan fingerprint density at radius 3 is 2.57 bits per heavy atom. The first-order valence-corrected chi connectivity index (χ1v) is 7.65. The number of nitrogens with one attached hydrogen (secondary N) is 1. The van der Waals surface area contributed by atoms with E-state index in [0.717, 1.165) is 16.5 Å². The highest BCUT2D eigenvalue weighted by atomic mass is 79.9. The minimum atomic E-state index is -0.602. The van der Waals surface area contributed by atoms with Gasteiger partial charge in [0.25, 0.3) is 5.69 Å². The van der Waals surface area contributed by atoms with Gasteiger partial charge in [0.15, 0.2) is 0 Å². The molecular weight excluding hydrogens is 364 g/mol. The number of methoxy groups -OCH3 is 1. The maximum Gasteiger partial charge on any atom is 0.338 e. The number of ether oxygens (including phenoxy) is 1. The fourth-order valence-corrected chi connectivity index (χ4v) is 2.33. The van der Waals surface area contributed by atoms with Crippen LogP contribution < -0.4 is 5.32 Å². The molecule has 0 saturated carbocycles. The number of nitro benzene ring substituents is 1. The van der Waals surface area contributed by atoms with Crippen molar-refractivity contribution in [2.75, 3.05) is 19.0 Å². The molecule has 2 aromatic carbocycles. The second-order valence-corrected chi connectivity index (χ2v) is 5.70. The number of carbonyl (C=O) groups is 1. The van der Waals surface area contributed by atoms with Gasteiger partial charge in [-0.1, -0.05) is 28.1 Å². The van der Waals surface area contributed by atoms with Crippen molar-refractivity contribution in [3.8, 4) is 0 Å². The van der Waals surface area contributed by atoms with Gasteiger partial charge in [0.2, 0.25) is 0 Å². The van der Waals surface area contributed by atoms with E-state index in [1.165, 1.54) is 25.3 Å². The lowest BCUT2D eigenvalue weighted by Crippen LogP contribution is -2.08. The predicted molar refractivity (Wildman–Crippen MR) is 90.8 cm³/mol. The number of halogens is 1. The summed E-state index contributed by atoms with van der Waals surface area (Å²) in [7, 11) is 1.23. The zero-order valence-electron chi connectivity index (χ0n) is 12.4. The largest absolute Gasteiger partial charge is 0.465 e. The van der Waals surface area contributed by atoms with Crippen molar-refractivity contribution < 1.29 is 14.5 Å². The normalized spacial score (nSPS) is 10.2. The number of nitrogens with zero attached hydrogens (tertiary/aromatic N) is 1. The van der Waals surface area contributed by atoms with Gasteiger partial charge in [0.05, 0.1) is 17.6 Å². The number of benzene rings is 2. The minimum Gasteiger partial charge on any atom is -0.465 e. The van der Waals surface area contributed by atoms with E-state index < -0.39 is 10.9 Å². The molecule has 0 saturated heterocycles. The van der Waals surface area contributed by atoms with Crippen molar-refractivity contribution in [2.24, 2.45) is 0 Å². The number of rotatable bonds is 6. The molecule has 0 aromatic heterocycles. The van der Waals surface area contributed by atoms with Gasteiger partial charge < -0.3 is 10.1 Å². The zero-order valence-corrected chi connectivity index (χ0v) is 14.0. The average Bonchev–Trinajstić information content (AvgIpc) is 2.56. The molecular formula is C16H15BrN2O4. The average molecular weight is 379 g/mol. The third-order valence-electron chi connectivity index (χ3n) is 3.26. The SMILES string of the molecule is COC(=O)c1ccc(NCCc2ccc(Br)cc2)c([N+](=O)[O-])c1. The Bertz CT molecular complexity index is 717. The molecule has 0 aliphatic carbocycles. The molecule has 0 fully saturated rings. The molecule has 0 radical (unpaired) electrons. The lowest BCUT2D eigenvalue weighted by atomic mass is 10.1. The Kier molecular flexibility index (Phi) is 5.70. The molecule has 0 unspecified atom stereocenters. The molecule has 0 amide bonds. The smallest absolute Gasteiger partial charge is 0.338 e. The number of esters is 1. The summed E-state index contributed by atoms with van der Waals surface area (Å²) < 4.78 is 5.58. The van der Waals surface area contributed by atoms with Crippen molar-refractivity contribution in [1.82, 2.24) is 0 Å². The highest BCUT2D eigenvalue weighted by Crippen LogP contribution is 2.26. The number of hydrogen-bond acceptors (Lipinski definition) is 5. The maximum absolute atomic E-state index is 11.5. The summed E-state index contributed by atoms with van der Waals surface area (Å²) >= 11 is 3.37. The third kappa shape index (κ3) is 4.53. The third-order valence-corrected chi connectivity index (χ3v) is 3.79. The minimum absolute atomic E-state index is 0.149. The van der Waals surface area contributed by atoms with Crippen molar-refractivity contribution >= 4 is 33.3 Å². The number of hydrogen-bond donors (Lipinski definition) is 1. The Hall–Kier alpha value is -2.41. The van der Waals surface area contributed by atoms with Crippen molar-refractivity contribution in [1.29, 1.82) is 0 Å². The Morgan fingerprint density at radius 2 is 1.96 bits per heavy atom. The van der Waals surface area contributed by atoms with Gasteiger partial charge in [-0.2, -0.15) is 0 Å². The molecule has 0 aliphatic heterocycles. The fourth-order valence-electron chi connectivity index (χ4n) is 2.07. The Morgan fingerprint density at radius 1 is 1.26 bits per heavy atom. The molecule has 0 spiro atoms.